The number of hydrogen-bond donors (Lipinski definition) is 1. The summed E-state index contributed by atoms with van der Waals surface area (Å²) in [5, 5.41) is 4.22. The second-order valence-corrected chi connectivity index (χ2v) is 9.62. The fraction of sp³-hybridized carbons (Fsp3) is 0.783. The average Bonchev–Trinajstić information content (AvgIpc) is 3.20. The fourth-order valence-electron chi connectivity index (χ4n) is 4.33. The number of aromatic nitrogens is 1. The Morgan fingerprint density at radius 2 is 1.58 bits per heavy atom. The fourth-order valence-corrected chi connectivity index (χ4v) is 5.57. The number of piperazine rings is 1. The standard InChI is InChI=1S/C23H40N4S.3ClH/c1-2-3-4-5-6-7-8-9-13-26-14-16-27(17-15-26)19-22-20-28-23(25-22)21-11-10-12-24-18-21;;;/h10-12,18,22-23,25H,2-9,13-17,19-20H2,1H3;3*1H. The summed E-state index contributed by atoms with van der Waals surface area (Å²) in [6, 6.07) is 4.83. The maximum absolute atomic E-state index is 4.26. The lowest BCUT2D eigenvalue weighted by Gasteiger charge is -2.36. The van der Waals surface area contributed by atoms with Crippen LogP contribution in [0.1, 0.15) is 69.2 Å². The van der Waals surface area contributed by atoms with E-state index in [0.29, 0.717) is 11.4 Å². The van der Waals surface area contributed by atoms with Crippen molar-refractivity contribution in [2.45, 2.75) is 69.7 Å². The molecular weight excluding hydrogens is 471 g/mol. The highest BCUT2D eigenvalue weighted by molar-refractivity contribution is 7.99. The molecular formula is C23H43Cl3N4S. The lowest BCUT2D eigenvalue weighted by Crippen LogP contribution is -2.50. The van der Waals surface area contributed by atoms with E-state index in [1.807, 2.05) is 30.2 Å². The van der Waals surface area contributed by atoms with Crippen LogP contribution in [0.2, 0.25) is 0 Å². The Labute approximate surface area is 213 Å². The maximum Gasteiger partial charge on any atom is 0.0807 e. The molecule has 2 unspecified atom stereocenters. The smallest absolute Gasteiger partial charge is 0.0807 e. The third kappa shape index (κ3) is 11.8. The molecule has 0 aromatic carbocycles. The zero-order valence-electron chi connectivity index (χ0n) is 19.0. The Morgan fingerprint density at radius 3 is 2.23 bits per heavy atom. The van der Waals surface area contributed by atoms with Gasteiger partial charge in [-0.1, -0.05) is 57.9 Å². The van der Waals surface area contributed by atoms with E-state index in [1.165, 1.54) is 102 Å². The minimum absolute atomic E-state index is 0. The molecule has 1 N–H and O–H groups in total. The van der Waals surface area contributed by atoms with Gasteiger partial charge in [0, 0.05) is 56.9 Å². The van der Waals surface area contributed by atoms with Gasteiger partial charge in [-0.25, -0.2) is 0 Å². The van der Waals surface area contributed by atoms with Crippen molar-refractivity contribution in [3.8, 4) is 0 Å². The highest BCUT2D eigenvalue weighted by Gasteiger charge is 2.28. The Balaban J connectivity index is 0.00000300. The minimum atomic E-state index is 0. The third-order valence-electron chi connectivity index (χ3n) is 6.11. The molecule has 1 aromatic rings. The molecule has 0 bridgehead atoms. The second kappa shape index (κ2) is 18.7. The van der Waals surface area contributed by atoms with Crippen LogP contribution in [0.5, 0.6) is 0 Å². The predicted molar refractivity (Wildman–Crippen MR) is 144 cm³/mol. The monoisotopic (exact) mass is 512 g/mol. The minimum Gasteiger partial charge on any atom is -0.301 e. The van der Waals surface area contributed by atoms with Gasteiger partial charge in [-0.3, -0.25) is 15.2 Å². The van der Waals surface area contributed by atoms with Gasteiger partial charge in [-0.2, -0.15) is 0 Å². The first-order chi connectivity index (χ1) is 13.8. The first kappa shape index (κ1) is 31.2. The molecule has 8 heteroatoms. The molecule has 1 aromatic heterocycles. The van der Waals surface area contributed by atoms with Crippen LogP contribution in [0.15, 0.2) is 24.5 Å². The summed E-state index contributed by atoms with van der Waals surface area (Å²) in [4.78, 5) is 9.61. The molecule has 31 heavy (non-hydrogen) atoms. The largest absolute Gasteiger partial charge is 0.301 e. The topological polar surface area (TPSA) is 31.4 Å². The van der Waals surface area contributed by atoms with E-state index in [4.69, 9.17) is 0 Å². The summed E-state index contributed by atoms with van der Waals surface area (Å²) < 4.78 is 0. The lowest BCUT2D eigenvalue weighted by atomic mass is 10.1. The van der Waals surface area contributed by atoms with Gasteiger partial charge in [0.25, 0.3) is 0 Å². The van der Waals surface area contributed by atoms with Crippen molar-refractivity contribution in [2.24, 2.45) is 0 Å². The van der Waals surface area contributed by atoms with Crippen LogP contribution in [0, 0.1) is 0 Å². The predicted octanol–water partition coefficient (Wildman–Crippen LogP) is 5.81. The van der Waals surface area contributed by atoms with Crippen molar-refractivity contribution in [3.05, 3.63) is 30.1 Å². The first-order valence-corrected chi connectivity index (χ1v) is 12.6. The summed E-state index contributed by atoms with van der Waals surface area (Å²) in [7, 11) is 0. The second-order valence-electron chi connectivity index (χ2n) is 8.48. The van der Waals surface area contributed by atoms with Crippen molar-refractivity contribution in [1.29, 1.82) is 0 Å². The normalized spacial score (nSPS) is 21.7. The average molecular weight is 514 g/mol. The SMILES string of the molecule is CCCCCCCCCCN1CCN(CC2CSC(c3cccnc3)N2)CC1.Cl.Cl.Cl. The number of unbranched alkanes of at least 4 members (excludes halogenated alkanes) is 7. The van der Waals surface area contributed by atoms with Gasteiger partial charge in [-0.15, -0.1) is 49.0 Å². The summed E-state index contributed by atoms with van der Waals surface area (Å²) in [5.41, 5.74) is 1.31. The van der Waals surface area contributed by atoms with Crippen molar-refractivity contribution < 1.29 is 0 Å². The van der Waals surface area contributed by atoms with Crippen molar-refractivity contribution in [2.75, 3.05) is 45.0 Å². The molecule has 0 saturated carbocycles. The molecule has 2 atom stereocenters. The zero-order valence-corrected chi connectivity index (χ0v) is 22.3. The first-order valence-electron chi connectivity index (χ1n) is 11.6. The van der Waals surface area contributed by atoms with Gasteiger partial charge in [0.1, 0.15) is 0 Å². The van der Waals surface area contributed by atoms with Crippen LogP contribution < -0.4 is 5.32 Å². The van der Waals surface area contributed by atoms with E-state index >= 15 is 0 Å². The lowest BCUT2D eigenvalue weighted by molar-refractivity contribution is 0.124. The van der Waals surface area contributed by atoms with E-state index in [0.717, 1.165) is 0 Å². The van der Waals surface area contributed by atoms with Crippen LogP contribution in [-0.4, -0.2) is 65.8 Å². The van der Waals surface area contributed by atoms with Crippen LogP contribution in [0.4, 0.5) is 0 Å². The molecule has 2 aliphatic rings. The quantitative estimate of drug-likeness (QED) is 0.356. The Hall–Kier alpha value is 0.250. The van der Waals surface area contributed by atoms with E-state index in [2.05, 4.69) is 33.1 Å². The molecule has 3 rings (SSSR count). The number of nitrogens with zero attached hydrogens (tertiary/aromatic N) is 3. The molecule has 2 saturated heterocycles. The van der Waals surface area contributed by atoms with E-state index in [1.54, 1.807) is 0 Å². The Kier molecular flexibility index (Phi) is 18.8. The van der Waals surface area contributed by atoms with Crippen molar-refractivity contribution in [1.82, 2.24) is 20.1 Å². The molecule has 2 fully saturated rings. The highest BCUT2D eigenvalue weighted by Crippen LogP contribution is 2.32. The van der Waals surface area contributed by atoms with E-state index in [-0.39, 0.29) is 37.2 Å². The Bertz CT molecular complexity index is 533. The van der Waals surface area contributed by atoms with Crippen LogP contribution in [-0.2, 0) is 0 Å². The van der Waals surface area contributed by atoms with E-state index < -0.39 is 0 Å². The van der Waals surface area contributed by atoms with Gasteiger partial charge in [0.2, 0.25) is 0 Å². The van der Waals surface area contributed by atoms with Crippen molar-refractivity contribution in [3.63, 3.8) is 0 Å². The van der Waals surface area contributed by atoms with Gasteiger partial charge in [0.05, 0.1) is 5.37 Å². The molecule has 182 valence electrons. The number of halogens is 3. The summed E-state index contributed by atoms with van der Waals surface area (Å²) in [6.07, 6.45) is 15.2. The summed E-state index contributed by atoms with van der Waals surface area (Å²) in [6.45, 7) is 9.76. The molecule has 0 amide bonds. The molecule has 0 spiro atoms. The summed E-state index contributed by atoms with van der Waals surface area (Å²) >= 11 is 2.03. The summed E-state index contributed by atoms with van der Waals surface area (Å²) in [5.74, 6) is 1.21. The number of hydrogen-bond acceptors (Lipinski definition) is 5. The molecule has 4 nitrogen and oxygen atoms in total. The van der Waals surface area contributed by atoms with Gasteiger partial charge < -0.3 is 4.90 Å². The van der Waals surface area contributed by atoms with Gasteiger partial charge >= 0.3 is 0 Å². The van der Waals surface area contributed by atoms with Crippen LogP contribution in [0.3, 0.4) is 0 Å². The van der Waals surface area contributed by atoms with Gasteiger partial charge in [0.15, 0.2) is 0 Å². The van der Waals surface area contributed by atoms with Crippen LogP contribution >= 0.6 is 49.0 Å². The Morgan fingerprint density at radius 1 is 0.935 bits per heavy atom. The van der Waals surface area contributed by atoms with E-state index in [9.17, 15) is 0 Å². The highest BCUT2D eigenvalue weighted by atomic mass is 35.5. The number of rotatable bonds is 12. The molecule has 0 radical (unpaired) electrons. The molecule has 3 heterocycles. The zero-order chi connectivity index (χ0) is 19.4. The van der Waals surface area contributed by atoms with Crippen molar-refractivity contribution >= 4 is 49.0 Å². The number of thioether (sulfide) groups is 1. The van der Waals surface area contributed by atoms with Gasteiger partial charge in [-0.05, 0) is 24.6 Å². The third-order valence-corrected chi connectivity index (χ3v) is 7.45. The molecule has 2 aliphatic heterocycles. The molecule has 0 aliphatic carbocycles. The maximum atomic E-state index is 4.26. The number of nitrogens with one attached hydrogen (secondary N) is 1. The number of pyridine rings is 1. The van der Waals surface area contributed by atoms with Crippen LogP contribution in [0.25, 0.3) is 0 Å².